The van der Waals surface area contributed by atoms with Gasteiger partial charge in [-0.15, -0.1) is 0 Å². The number of hydrogen-bond donors (Lipinski definition) is 4. The van der Waals surface area contributed by atoms with E-state index in [4.69, 9.17) is 21.4 Å². The lowest BCUT2D eigenvalue weighted by atomic mass is 10.0. The number of aromatic amines is 2. The summed E-state index contributed by atoms with van der Waals surface area (Å²) in [6.45, 7) is 0. The van der Waals surface area contributed by atoms with Crippen LogP contribution in [0.1, 0.15) is 72.6 Å². The summed E-state index contributed by atoms with van der Waals surface area (Å²) in [7, 11) is 0. The number of amides is 2. The molecule has 54 heavy (non-hydrogen) atoms. The number of aromatic nitrogens is 4. The average molecular weight is 715 g/mol. The number of rotatable bonds is 9. The van der Waals surface area contributed by atoms with E-state index in [1.807, 2.05) is 82.9 Å². The van der Waals surface area contributed by atoms with Crippen LogP contribution in [0.5, 0.6) is 0 Å². The van der Waals surface area contributed by atoms with Gasteiger partial charge in [-0.1, -0.05) is 109 Å². The second-order valence-corrected chi connectivity index (χ2v) is 15.4. The zero-order valence-corrected chi connectivity index (χ0v) is 29.8. The molecular weight excluding hydrogens is 673 g/mol. The van der Waals surface area contributed by atoms with Crippen LogP contribution in [0, 0.1) is 11.8 Å². The minimum Gasteiger partial charge on any atom is -0.340 e. The highest BCUT2D eigenvalue weighted by atomic mass is 16.2. The van der Waals surface area contributed by atoms with Crippen molar-refractivity contribution in [2.24, 2.45) is 23.3 Å². The molecule has 2 saturated carbocycles. The summed E-state index contributed by atoms with van der Waals surface area (Å²) in [5.41, 5.74) is 20.7. The van der Waals surface area contributed by atoms with E-state index in [2.05, 4.69) is 58.5 Å². The number of hydrogen-bond acceptors (Lipinski definition) is 6. The first kappa shape index (κ1) is 32.8. The molecule has 2 aliphatic carbocycles. The van der Waals surface area contributed by atoms with Crippen molar-refractivity contribution in [1.82, 2.24) is 29.7 Å². The second kappa shape index (κ2) is 12.9. The maximum absolute atomic E-state index is 13.6. The van der Waals surface area contributed by atoms with Crippen LogP contribution < -0.4 is 11.5 Å². The van der Waals surface area contributed by atoms with E-state index < -0.39 is 12.1 Å². The highest BCUT2D eigenvalue weighted by Crippen LogP contribution is 2.55. The molecular formula is C44H42N8O2. The maximum Gasteiger partial charge on any atom is 0.244 e. The molecule has 6 aromatic rings. The first-order valence-corrected chi connectivity index (χ1v) is 19.0. The number of nitrogens with two attached hydrogens (primary N) is 2. The lowest BCUT2D eigenvalue weighted by Crippen LogP contribution is -2.40. The Morgan fingerprint density at radius 2 is 0.907 bits per heavy atom. The number of piperidine rings is 2. The summed E-state index contributed by atoms with van der Waals surface area (Å²) >= 11 is 0. The highest BCUT2D eigenvalue weighted by Gasteiger charge is 2.56. The van der Waals surface area contributed by atoms with Gasteiger partial charge in [0.2, 0.25) is 11.8 Å². The number of nitrogens with one attached hydrogen (secondary N) is 2. The fraction of sp³-hybridized carbons (Fsp3) is 0.273. The Morgan fingerprint density at radius 3 is 1.30 bits per heavy atom. The van der Waals surface area contributed by atoms with E-state index >= 15 is 0 Å². The smallest absolute Gasteiger partial charge is 0.244 e. The highest BCUT2D eigenvalue weighted by molar-refractivity contribution is 5.85. The maximum atomic E-state index is 13.6. The molecule has 0 bridgehead atoms. The minimum atomic E-state index is -0.684. The van der Waals surface area contributed by atoms with Gasteiger partial charge in [0.05, 0.1) is 35.9 Å². The molecule has 4 aliphatic rings. The van der Waals surface area contributed by atoms with E-state index in [1.165, 1.54) is 0 Å². The topological polar surface area (TPSA) is 150 Å². The van der Waals surface area contributed by atoms with Crippen molar-refractivity contribution in [1.29, 1.82) is 0 Å². The van der Waals surface area contributed by atoms with E-state index in [1.54, 1.807) is 0 Å². The third kappa shape index (κ3) is 5.73. The summed E-state index contributed by atoms with van der Waals surface area (Å²) in [6, 6.07) is 35.0. The average Bonchev–Trinajstić information content (AvgIpc) is 3.81. The van der Waals surface area contributed by atoms with Gasteiger partial charge in [-0.3, -0.25) is 9.59 Å². The first-order valence-electron chi connectivity index (χ1n) is 19.0. The van der Waals surface area contributed by atoms with Crippen LogP contribution in [0.4, 0.5) is 0 Å². The molecule has 0 spiro atoms. The molecule has 2 amide bonds. The van der Waals surface area contributed by atoms with Crippen LogP contribution in [0.3, 0.4) is 0 Å². The van der Waals surface area contributed by atoms with E-state index in [-0.39, 0.29) is 36.0 Å². The van der Waals surface area contributed by atoms with Crippen molar-refractivity contribution in [3.05, 3.63) is 144 Å². The second-order valence-electron chi connectivity index (χ2n) is 15.4. The monoisotopic (exact) mass is 714 g/mol. The zero-order chi connectivity index (χ0) is 36.5. The van der Waals surface area contributed by atoms with Crippen molar-refractivity contribution >= 4 is 11.8 Å². The predicted octanol–water partition coefficient (Wildman–Crippen LogP) is 6.86. The Bertz CT molecular complexity index is 2150. The molecule has 2 aromatic heterocycles. The lowest BCUT2D eigenvalue weighted by molar-refractivity contribution is -0.135. The van der Waals surface area contributed by atoms with Gasteiger partial charge in [-0.25, -0.2) is 9.97 Å². The molecule has 6 N–H and O–H groups in total. The molecule has 2 aliphatic heterocycles. The number of nitrogens with zero attached hydrogens (tertiary/aromatic N) is 4. The van der Waals surface area contributed by atoms with Crippen molar-refractivity contribution < 1.29 is 9.59 Å². The van der Waals surface area contributed by atoms with Gasteiger partial charge in [0.25, 0.3) is 0 Å². The van der Waals surface area contributed by atoms with Gasteiger partial charge in [0.1, 0.15) is 23.7 Å². The van der Waals surface area contributed by atoms with Crippen molar-refractivity contribution in [2.45, 2.75) is 61.9 Å². The van der Waals surface area contributed by atoms with Crippen molar-refractivity contribution in [2.75, 3.05) is 0 Å². The van der Waals surface area contributed by atoms with Crippen LogP contribution in [0.25, 0.3) is 33.6 Å². The largest absolute Gasteiger partial charge is 0.340 e. The van der Waals surface area contributed by atoms with Crippen LogP contribution in [0.15, 0.2) is 122 Å². The number of carbonyl (C=O) groups is 2. The Balaban J connectivity index is 0.812. The molecule has 4 fully saturated rings. The molecule has 10 nitrogen and oxygen atoms in total. The SMILES string of the molecule is N[C@@H](C(=O)N1[C@@H]2C[C@@H]2C[C@H]1c1ncc(-c2ccc(-c3ccc(-c4cnc([C@@H]5C[C@H]6C[C@H]6N5C(=O)[C@H](N)c5ccccc5)[nH]4)cc3)cc2)[nH]1)c1ccccc1. The summed E-state index contributed by atoms with van der Waals surface area (Å²) in [6.07, 6.45) is 7.61. The molecule has 4 heterocycles. The molecule has 4 aromatic carbocycles. The molecule has 0 radical (unpaired) electrons. The number of carbonyl (C=O) groups excluding carboxylic acids is 2. The summed E-state index contributed by atoms with van der Waals surface area (Å²) in [5.74, 6) is 2.58. The summed E-state index contributed by atoms with van der Waals surface area (Å²) in [5, 5.41) is 0. The Morgan fingerprint density at radius 1 is 0.537 bits per heavy atom. The van der Waals surface area contributed by atoms with Crippen LogP contribution >= 0.6 is 0 Å². The van der Waals surface area contributed by atoms with Gasteiger partial charge in [0.15, 0.2) is 0 Å². The van der Waals surface area contributed by atoms with Gasteiger partial charge in [0, 0.05) is 12.1 Å². The fourth-order valence-electron chi connectivity index (χ4n) is 8.95. The van der Waals surface area contributed by atoms with Gasteiger partial charge < -0.3 is 31.2 Å². The minimum absolute atomic E-state index is 0.0366. The third-order valence-corrected chi connectivity index (χ3v) is 12.1. The van der Waals surface area contributed by atoms with Crippen LogP contribution in [-0.4, -0.2) is 53.6 Å². The summed E-state index contributed by atoms with van der Waals surface area (Å²) < 4.78 is 0. The molecule has 10 rings (SSSR count). The van der Waals surface area contributed by atoms with Gasteiger partial charge >= 0.3 is 0 Å². The Kier molecular flexibility index (Phi) is 7.85. The van der Waals surface area contributed by atoms with Crippen LogP contribution in [-0.2, 0) is 9.59 Å². The molecule has 0 unspecified atom stereocenters. The molecule has 8 atom stereocenters. The lowest BCUT2D eigenvalue weighted by Gasteiger charge is -2.29. The van der Waals surface area contributed by atoms with E-state index in [9.17, 15) is 9.59 Å². The number of imidazole rings is 2. The normalized spacial score (nSPS) is 24.9. The first-order chi connectivity index (χ1) is 26.4. The number of fused-ring (bicyclic) bond motifs is 2. The fourth-order valence-corrected chi connectivity index (χ4v) is 8.95. The van der Waals surface area contributed by atoms with Crippen LogP contribution in [0.2, 0.25) is 0 Å². The van der Waals surface area contributed by atoms with Gasteiger partial charge in [-0.2, -0.15) is 0 Å². The zero-order valence-electron chi connectivity index (χ0n) is 29.8. The number of H-pyrrole nitrogens is 2. The quantitative estimate of drug-likeness (QED) is 0.129. The van der Waals surface area contributed by atoms with Gasteiger partial charge in [-0.05, 0) is 70.9 Å². The third-order valence-electron chi connectivity index (χ3n) is 12.1. The predicted molar refractivity (Wildman–Crippen MR) is 206 cm³/mol. The Labute approximate surface area is 313 Å². The van der Waals surface area contributed by atoms with Crippen molar-refractivity contribution in [3.63, 3.8) is 0 Å². The summed E-state index contributed by atoms with van der Waals surface area (Å²) in [4.78, 5) is 47.8. The Hall–Kier alpha value is -5.84. The number of likely N-dealkylation sites (tertiary alicyclic amines) is 2. The molecule has 10 heteroatoms. The molecule has 270 valence electrons. The van der Waals surface area contributed by atoms with Crippen molar-refractivity contribution in [3.8, 4) is 33.6 Å². The number of benzene rings is 4. The standard InChI is InChI=1S/C44H42N8O2/c45-39(29-7-3-1-4-8-29)43(53)51-35-19-31(35)21-37(51)41-47-23-33(49-41)27-15-11-25(12-16-27)26-13-17-28(18-14-26)34-24-48-42(50-34)38-22-32-20-36(32)52(38)44(54)40(46)30-9-5-2-6-10-30/h1-18,23-24,31-32,35-40H,19-22,45-46H2,(H,47,49)(H,48,50)/t31-,32-,35-,36-,37+,38+,39-,40-/m1/s1. The van der Waals surface area contributed by atoms with E-state index in [0.29, 0.717) is 11.8 Å². The van der Waals surface area contributed by atoms with E-state index in [0.717, 1.165) is 82.1 Å². The molecule has 2 saturated heterocycles.